The number of halogens is 1. The molecule has 1 unspecified atom stereocenters. The van der Waals surface area contributed by atoms with Crippen molar-refractivity contribution in [3.05, 3.63) is 35.4 Å². The largest absolute Gasteiger partial charge is 0.379 e. The van der Waals surface area contributed by atoms with Crippen molar-refractivity contribution < 1.29 is 9.53 Å². The van der Waals surface area contributed by atoms with Crippen LogP contribution in [0.1, 0.15) is 44.2 Å². The first-order valence-electron chi connectivity index (χ1n) is 10.4. The molecule has 7 heteroatoms. The second-order valence-corrected chi connectivity index (χ2v) is 7.86. The van der Waals surface area contributed by atoms with Gasteiger partial charge in [-0.1, -0.05) is 24.3 Å². The number of fused-ring (bicyclic) bond motifs is 1. The van der Waals surface area contributed by atoms with Gasteiger partial charge in [-0.15, -0.1) is 24.0 Å². The van der Waals surface area contributed by atoms with Crippen LogP contribution >= 0.6 is 24.0 Å². The van der Waals surface area contributed by atoms with Crippen molar-refractivity contribution in [3.8, 4) is 0 Å². The van der Waals surface area contributed by atoms with Gasteiger partial charge in [0, 0.05) is 33.3 Å². The molecule has 1 aromatic rings. The fourth-order valence-electron chi connectivity index (χ4n) is 3.21. The number of hydrogen-bond acceptors (Lipinski definition) is 3. The molecule has 2 rings (SSSR count). The van der Waals surface area contributed by atoms with Gasteiger partial charge in [0.05, 0.1) is 6.10 Å². The van der Waals surface area contributed by atoms with Crippen molar-refractivity contribution >= 4 is 35.8 Å². The summed E-state index contributed by atoms with van der Waals surface area (Å²) in [7, 11) is 3.51. The Hall–Kier alpha value is -1.35. The van der Waals surface area contributed by atoms with Crippen LogP contribution in [-0.4, -0.2) is 62.7 Å². The third kappa shape index (κ3) is 9.80. The first kappa shape index (κ1) is 25.7. The van der Waals surface area contributed by atoms with Crippen LogP contribution in [0.3, 0.4) is 0 Å². The van der Waals surface area contributed by atoms with E-state index in [4.69, 9.17) is 4.74 Å². The number of benzene rings is 1. The van der Waals surface area contributed by atoms with Crippen LogP contribution in [0.5, 0.6) is 0 Å². The maximum atomic E-state index is 11.9. The van der Waals surface area contributed by atoms with Crippen molar-refractivity contribution in [1.29, 1.82) is 0 Å². The number of nitrogens with zero attached hydrogens (tertiary/aromatic N) is 2. The van der Waals surface area contributed by atoms with E-state index >= 15 is 0 Å². The van der Waals surface area contributed by atoms with Crippen molar-refractivity contribution in [2.24, 2.45) is 4.99 Å². The summed E-state index contributed by atoms with van der Waals surface area (Å²) in [6.07, 6.45) is 5.42. The Morgan fingerprint density at radius 2 is 1.97 bits per heavy atom. The third-order valence-corrected chi connectivity index (χ3v) is 4.87. The number of carbonyl (C=O) groups excluding carboxylic acids is 1. The van der Waals surface area contributed by atoms with Gasteiger partial charge < -0.3 is 20.3 Å². The minimum atomic E-state index is 0. The maximum absolute atomic E-state index is 11.9. The lowest BCUT2D eigenvalue weighted by molar-refractivity contribution is -0.127. The van der Waals surface area contributed by atoms with Crippen LogP contribution in [0, 0.1) is 0 Å². The summed E-state index contributed by atoms with van der Waals surface area (Å²) in [5, 5.41) is 6.92. The Labute approximate surface area is 192 Å². The van der Waals surface area contributed by atoms with E-state index < -0.39 is 0 Å². The molecular formula is C22H37IN4O2. The SMILES string of the molecule is CC(C)OCCCCNC(=NCC(=O)N(C)C)NC1CCc2ccccc2C1.I. The maximum Gasteiger partial charge on any atom is 0.243 e. The summed E-state index contributed by atoms with van der Waals surface area (Å²) in [5.74, 6) is 0.727. The number of nitrogens with one attached hydrogen (secondary N) is 2. The van der Waals surface area contributed by atoms with Gasteiger partial charge in [0.15, 0.2) is 5.96 Å². The minimum Gasteiger partial charge on any atom is -0.379 e. The molecule has 164 valence electrons. The molecule has 0 saturated carbocycles. The third-order valence-electron chi connectivity index (χ3n) is 4.87. The average Bonchev–Trinajstić information content (AvgIpc) is 2.67. The van der Waals surface area contributed by atoms with Gasteiger partial charge in [-0.3, -0.25) is 4.79 Å². The van der Waals surface area contributed by atoms with Gasteiger partial charge in [0.25, 0.3) is 0 Å². The average molecular weight is 516 g/mol. The molecule has 0 heterocycles. The molecule has 1 aliphatic carbocycles. The molecule has 0 saturated heterocycles. The highest BCUT2D eigenvalue weighted by Crippen LogP contribution is 2.20. The summed E-state index contributed by atoms with van der Waals surface area (Å²) in [6.45, 7) is 5.85. The second kappa shape index (κ2) is 13.8. The van der Waals surface area contributed by atoms with Crippen LogP contribution in [-0.2, 0) is 22.4 Å². The van der Waals surface area contributed by atoms with E-state index in [1.165, 1.54) is 11.1 Å². The quantitative estimate of drug-likeness (QED) is 0.229. The van der Waals surface area contributed by atoms with Crippen LogP contribution in [0.25, 0.3) is 0 Å². The van der Waals surface area contributed by atoms with Gasteiger partial charge in [-0.2, -0.15) is 0 Å². The molecule has 0 fully saturated rings. The molecule has 1 amide bonds. The molecule has 6 nitrogen and oxygen atoms in total. The Morgan fingerprint density at radius 1 is 1.24 bits per heavy atom. The lowest BCUT2D eigenvalue weighted by Gasteiger charge is -2.27. The molecule has 0 radical (unpaired) electrons. The highest BCUT2D eigenvalue weighted by atomic mass is 127. The van der Waals surface area contributed by atoms with Gasteiger partial charge in [0.1, 0.15) is 6.54 Å². The molecule has 1 aromatic carbocycles. The fourth-order valence-corrected chi connectivity index (χ4v) is 3.21. The number of rotatable bonds is 9. The molecule has 2 N–H and O–H groups in total. The number of carbonyl (C=O) groups is 1. The highest BCUT2D eigenvalue weighted by molar-refractivity contribution is 14.0. The van der Waals surface area contributed by atoms with E-state index in [-0.39, 0.29) is 42.5 Å². The van der Waals surface area contributed by atoms with Gasteiger partial charge in [-0.05, 0) is 57.1 Å². The number of hydrogen-bond donors (Lipinski definition) is 2. The van der Waals surface area contributed by atoms with Crippen LogP contribution in [0.15, 0.2) is 29.3 Å². The molecule has 29 heavy (non-hydrogen) atoms. The number of likely N-dealkylation sites (N-methyl/N-ethyl adjacent to an activating group) is 1. The zero-order chi connectivity index (χ0) is 20.4. The second-order valence-electron chi connectivity index (χ2n) is 7.86. The van der Waals surface area contributed by atoms with E-state index in [0.29, 0.717) is 6.04 Å². The Kier molecular flexibility index (Phi) is 12.2. The van der Waals surface area contributed by atoms with Crippen molar-refractivity contribution in [2.45, 2.75) is 58.1 Å². The zero-order valence-electron chi connectivity index (χ0n) is 18.2. The summed E-state index contributed by atoms with van der Waals surface area (Å²) in [6, 6.07) is 8.96. The number of aryl methyl sites for hydroxylation is 1. The smallest absolute Gasteiger partial charge is 0.243 e. The lowest BCUT2D eigenvalue weighted by atomic mass is 9.88. The Morgan fingerprint density at radius 3 is 2.66 bits per heavy atom. The molecule has 1 atom stereocenters. The molecule has 0 bridgehead atoms. The minimum absolute atomic E-state index is 0. The zero-order valence-corrected chi connectivity index (χ0v) is 20.6. The first-order chi connectivity index (χ1) is 13.5. The summed E-state index contributed by atoms with van der Waals surface area (Å²) in [4.78, 5) is 18.0. The predicted molar refractivity (Wildman–Crippen MR) is 130 cm³/mol. The number of amides is 1. The van der Waals surface area contributed by atoms with Crippen LogP contribution < -0.4 is 10.6 Å². The Bertz CT molecular complexity index is 649. The van der Waals surface area contributed by atoms with E-state index in [2.05, 4.69) is 53.7 Å². The van der Waals surface area contributed by atoms with E-state index in [1.807, 2.05) is 0 Å². The monoisotopic (exact) mass is 516 g/mol. The van der Waals surface area contributed by atoms with Gasteiger partial charge in [0.2, 0.25) is 5.91 Å². The molecule has 0 spiro atoms. The van der Waals surface area contributed by atoms with Crippen molar-refractivity contribution in [1.82, 2.24) is 15.5 Å². The normalized spacial score (nSPS) is 16.0. The standard InChI is InChI=1S/C22H36N4O2.HI/c1-17(2)28-14-8-7-13-23-22(24-16-21(27)26(3)4)25-20-12-11-18-9-5-6-10-19(18)15-20;/h5-6,9-10,17,20H,7-8,11-16H2,1-4H3,(H2,23,24,25);1H. The van der Waals surface area contributed by atoms with E-state index in [9.17, 15) is 4.79 Å². The number of guanidine groups is 1. The fraction of sp³-hybridized carbons (Fsp3) is 0.636. The predicted octanol–water partition coefficient (Wildman–Crippen LogP) is 2.99. The summed E-state index contributed by atoms with van der Waals surface area (Å²) in [5.41, 5.74) is 2.85. The van der Waals surface area contributed by atoms with Gasteiger partial charge >= 0.3 is 0 Å². The summed E-state index contributed by atoms with van der Waals surface area (Å²) >= 11 is 0. The number of aliphatic imine (C=N–C) groups is 1. The van der Waals surface area contributed by atoms with E-state index in [1.54, 1.807) is 19.0 Å². The molecule has 1 aliphatic rings. The number of ether oxygens (including phenoxy) is 1. The number of unbranched alkanes of at least 4 members (excludes halogenated alkanes) is 1. The first-order valence-corrected chi connectivity index (χ1v) is 10.4. The lowest BCUT2D eigenvalue weighted by Crippen LogP contribution is -2.46. The Balaban J connectivity index is 0.00000420. The van der Waals surface area contributed by atoms with E-state index in [0.717, 1.165) is 51.2 Å². The van der Waals surface area contributed by atoms with Crippen molar-refractivity contribution in [2.75, 3.05) is 33.8 Å². The molecule has 0 aliphatic heterocycles. The highest BCUT2D eigenvalue weighted by Gasteiger charge is 2.19. The van der Waals surface area contributed by atoms with Gasteiger partial charge in [-0.25, -0.2) is 4.99 Å². The topological polar surface area (TPSA) is 66.0 Å². The van der Waals surface area contributed by atoms with Crippen molar-refractivity contribution in [3.63, 3.8) is 0 Å². The molecular weight excluding hydrogens is 479 g/mol. The van der Waals surface area contributed by atoms with Crippen LogP contribution in [0.4, 0.5) is 0 Å². The molecule has 0 aromatic heterocycles. The summed E-state index contributed by atoms with van der Waals surface area (Å²) < 4.78 is 5.59. The van der Waals surface area contributed by atoms with Crippen LogP contribution in [0.2, 0.25) is 0 Å².